The molecular weight excluding hydrogens is 412 g/mol. The molecule has 0 aliphatic rings. The molecule has 0 saturated heterocycles. The Morgan fingerprint density at radius 2 is 1.73 bits per heavy atom. The molecule has 0 aliphatic heterocycles. The van der Waals surface area contributed by atoms with Gasteiger partial charge in [0.1, 0.15) is 0 Å². The molecule has 0 bridgehead atoms. The molecule has 0 unspecified atom stereocenters. The van der Waals surface area contributed by atoms with Crippen molar-refractivity contribution >= 4 is 46.8 Å². The van der Waals surface area contributed by atoms with Gasteiger partial charge in [-0.05, 0) is 23.6 Å². The lowest BCUT2D eigenvalue weighted by Crippen LogP contribution is -2.16. The number of benzene rings is 2. The van der Waals surface area contributed by atoms with E-state index in [0.29, 0.717) is 6.07 Å². The highest BCUT2D eigenvalue weighted by atomic mass is 32.3. The maximum atomic E-state index is 12.5. The normalized spacial score (nSPS) is 12.8. The zero-order valence-electron chi connectivity index (χ0n) is 12.6. The monoisotopic (exact) mass is 422 g/mol. The van der Waals surface area contributed by atoms with Crippen LogP contribution in [0, 0.1) is 5.39 Å². The Hall–Kier alpha value is -2.15. The fourth-order valence-corrected chi connectivity index (χ4v) is 4.46. The van der Waals surface area contributed by atoms with Gasteiger partial charge in [0, 0.05) is 17.5 Å². The molecule has 0 spiro atoms. The summed E-state index contributed by atoms with van der Waals surface area (Å²) in [5.74, 6) is -0.959. The van der Waals surface area contributed by atoms with E-state index in [-0.39, 0.29) is 16.5 Å². The van der Waals surface area contributed by atoms with Crippen LogP contribution in [0.3, 0.4) is 0 Å². The second-order valence-corrected chi connectivity index (χ2v) is 9.50. The summed E-state index contributed by atoms with van der Waals surface area (Å²) >= 11 is 0. The third kappa shape index (κ3) is 4.72. The van der Waals surface area contributed by atoms with Crippen LogP contribution in [0.1, 0.15) is 0 Å². The van der Waals surface area contributed by atoms with Gasteiger partial charge in [-0.2, -0.15) is 8.42 Å². The lowest BCUT2D eigenvalue weighted by Gasteiger charge is -2.11. The van der Waals surface area contributed by atoms with Crippen LogP contribution < -0.4 is 0 Å². The van der Waals surface area contributed by atoms with Crippen LogP contribution >= 0.6 is 0 Å². The van der Waals surface area contributed by atoms with Crippen LogP contribution in [0.4, 0.5) is 5.69 Å². The van der Waals surface area contributed by atoms with Gasteiger partial charge in [0.25, 0.3) is 10.1 Å². The van der Waals surface area contributed by atoms with Crippen LogP contribution in [0.5, 0.6) is 0 Å². The Labute approximate surface area is 148 Å². The molecule has 0 fully saturated rings. The topological polar surface area (TPSA) is 183 Å². The predicted molar refractivity (Wildman–Crippen MR) is 86.2 cm³/mol. The van der Waals surface area contributed by atoms with Crippen molar-refractivity contribution in [2.75, 3.05) is 12.4 Å². The largest absolute Gasteiger partial charge is 0.726 e. The molecule has 2 rings (SSSR count). The van der Waals surface area contributed by atoms with Crippen LogP contribution in [0.25, 0.3) is 15.7 Å². The van der Waals surface area contributed by atoms with Crippen molar-refractivity contribution in [3.05, 3.63) is 35.3 Å². The molecule has 0 heterocycles. The summed E-state index contributed by atoms with van der Waals surface area (Å²) in [7, 11) is -14.2. The molecule has 2 aromatic carbocycles. The van der Waals surface area contributed by atoms with E-state index in [0.717, 1.165) is 12.1 Å². The van der Waals surface area contributed by atoms with E-state index in [4.69, 9.17) is 5.39 Å². The molecule has 0 saturated carbocycles. The fourth-order valence-electron chi connectivity index (χ4n) is 2.11. The van der Waals surface area contributed by atoms with Crippen molar-refractivity contribution in [1.82, 2.24) is 0 Å². The van der Waals surface area contributed by atoms with Crippen molar-refractivity contribution in [1.29, 1.82) is 5.39 Å². The highest BCUT2D eigenvalue weighted by Gasteiger charge is 2.24. The van der Waals surface area contributed by atoms with E-state index in [2.05, 4.69) is 9.16 Å². The van der Waals surface area contributed by atoms with Crippen molar-refractivity contribution in [2.45, 2.75) is 9.79 Å². The van der Waals surface area contributed by atoms with Gasteiger partial charge in [-0.1, -0.05) is 0 Å². The number of rotatable bonds is 6. The second kappa shape index (κ2) is 6.87. The number of nitrogens with zero attached hydrogens (tertiary/aromatic N) is 2. The molecule has 0 radical (unpaired) electrons. The van der Waals surface area contributed by atoms with Gasteiger partial charge in [0.2, 0.25) is 15.8 Å². The van der Waals surface area contributed by atoms with Crippen molar-refractivity contribution in [2.24, 2.45) is 0 Å². The van der Waals surface area contributed by atoms with Gasteiger partial charge in [0.05, 0.1) is 22.2 Å². The fraction of sp³-hybridized carbons (Fsp3) is 0.167. The molecule has 26 heavy (non-hydrogen) atoms. The standard InChI is InChI=1S/C12H10N2O9S3/c13-14-9-2-1-8-5-10(25(17,18)19)7-12(11(8)6-9)24(15,16)4-3-23-26(20,21)22/h1-2,5-7H,3-4H2,(H-,17,18,19,20,21,22). The molecule has 11 nitrogen and oxygen atoms in total. The average Bonchev–Trinajstić information content (AvgIpc) is 2.50. The van der Waals surface area contributed by atoms with Crippen molar-refractivity contribution in [3.63, 3.8) is 0 Å². The molecule has 1 N–H and O–H groups in total. The molecule has 0 atom stereocenters. The number of fused-ring (bicyclic) bond motifs is 1. The molecular formula is C12H10N2O9S3. The van der Waals surface area contributed by atoms with Gasteiger partial charge in [0.15, 0.2) is 14.8 Å². The quantitative estimate of drug-likeness (QED) is 0.397. The number of sulfone groups is 1. The van der Waals surface area contributed by atoms with Crippen LogP contribution in [0.2, 0.25) is 0 Å². The van der Waals surface area contributed by atoms with E-state index in [9.17, 15) is 34.4 Å². The summed E-state index contributed by atoms with van der Waals surface area (Å²) < 4.78 is 92.0. The van der Waals surface area contributed by atoms with Gasteiger partial charge < -0.3 is 4.55 Å². The van der Waals surface area contributed by atoms with Gasteiger partial charge >= 0.3 is 5.69 Å². The van der Waals surface area contributed by atoms with E-state index in [1.807, 2.05) is 0 Å². The lowest BCUT2D eigenvalue weighted by atomic mass is 10.1. The molecule has 14 heteroatoms. The molecule has 0 aromatic heterocycles. The maximum Gasteiger partial charge on any atom is 0.385 e. The summed E-state index contributed by atoms with van der Waals surface area (Å²) in [5, 5.41) is 8.87. The van der Waals surface area contributed by atoms with Crippen LogP contribution in [-0.4, -0.2) is 46.7 Å². The zero-order chi connectivity index (χ0) is 19.8. The third-order valence-electron chi connectivity index (χ3n) is 3.20. The minimum absolute atomic E-state index is 0.0352. The van der Waals surface area contributed by atoms with Crippen molar-refractivity contribution < 1.29 is 38.5 Å². The first-order valence-corrected chi connectivity index (χ1v) is 11.0. The Bertz CT molecular complexity index is 1230. The van der Waals surface area contributed by atoms with Gasteiger partial charge in [-0.25, -0.2) is 16.8 Å². The first kappa shape index (κ1) is 20.2. The van der Waals surface area contributed by atoms with Gasteiger partial charge in [-0.15, -0.1) is 0 Å². The smallest absolute Gasteiger partial charge is 0.385 e. The van der Waals surface area contributed by atoms with E-state index < -0.39 is 52.5 Å². The minimum atomic E-state index is -5.11. The average molecular weight is 422 g/mol. The summed E-state index contributed by atoms with van der Waals surface area (Å²) in [5.41, 5.74) is -0.0352. The molecule has 0 aliphatic carbocycles. The SMILES string of the molecule is N#[N+]c1ccc2cc(S(=O)(=O)O)cc(S(=O)(=O)CCOS(=O)(=O)[O-])c2c1. The first-order chi connectivity index (χ1) is 11.8. The number of hydrogen-bond acceptors (Lipinski definition) is 9. The minimum Gasteiger partial charge on any atom is -0.726 e. The van der Waals surface area contributed by atoms with E-state index in [1.54, 1.807) is 0 Å². The Kier molecular flexibility index (Phi) is 5.33. The predicted octanol–water partition coefficient (Wildman–Crippen LogP) is 0.822. The highest BCUT2D eigenvalue weighted by molar-refractivity contribution is 7.91. The first-order valence-electron chi connectivity index (χ1n) is 6.57. The summed E-state index contributed by atoms with van der Waals surface area (Å²) in [6.45, 7) is -0.990. The summed E-state index contributed by atoms with van der Waals surface area (Å²) in [6, 6.07) is 5.33. The van der Waals surface area contributed by atoms with Crippen LogP contribution in [0.15, 0.2) is 40.1 Å². The van der Waals surface area contributed by atoms with E-state index in [1.165, 1.54) is 12.1 Å². The Morgan fingerprint density at radius 3 is 2.27 bits per heavy atom. The number of hydrogen-bond donors (Lipinski definition) is 1. The Morgan fingerprint density at radius 1 is 1.08 bits per heavy atom. The highest BCUT2D eigenvalue weighted by Crippen LogP contribution is 2.31. The Balaban J connectivity index is 2.67. The maximum absolute atomic E-state index is 12.5. The third-order valence-corrected chi connectivity index (χ3v) is 6.20. The van der Waals surface area contributed by atoms with Gasteiger partial charge in [-0.3, -0.25) is 8.74 Å². The molecule has 0 amide bonds. The second-order valence-electron chi connectivity index (χ2n) is 4.95. The number of diazo groups is 1. The lowest BCUT2D eigenvalue weighted by molar-refractivity contribution is 0.276. The summed E-state index contributed by atoms with van der Waals surface area (Å²) in [4.78, 5) is 1.61. The summed E-state index contributed by atoms with van der Waals surface area (Å²) in [6.07, 6.45) is 0. The zero-order valence-corrected chi connectivity index (χ0v) is 15.1. The van der Waals surface area contributed by atoms with Crippen molar-refractivity contribution in [3.8, 4) is 0 Å². The van der Waals surface area contributed by atoms with E-state index >= 15 is 0 Å². The molecule has 140 valence electrons. The molecule has 2 aromatic rings. The van der Waals surface area contributed by atoms with Crippen LogP contribution in [-0.2, 0) is 34.5 Å².